The average Bonchev–Trinajstić information content (AvgIpc) is 2.68. The van der Waals surface area contributed by atoms with Crippen LogP contribution in [-0.4, -0.2) is 39.1 Å². The smallest absolute Gasteiger partial charge is 0.335 e. The number of nitrogens with zero attached hydrogens (tertiary/aromatic N) is 4. The van der Waals surface area contributed by atoms with E-state index < -0.39 is 5.97 Å². The zero-order valence-corrected chi connectivity index (χ0v) is 13.7. The lowest BCUT2D eigenvalue weighted by atomic mass is 9.89. The van der Waals surface area contributed by atoms with Crippen LogP contribution in [0.3, 0.4) is 0 Å². The van der Waals surface area contributed by atoms with E-state index in [-0.39, 0.29) is 5.92 Å². The Morgan fingerprint density at radius 2 is 2.00 bits per heavy atom. The molecule has 3 aromatic rings. The molecule has 0 spiro atoms. The van der Waals surface area contributed by atoms with Gasteiger partial charge in [0.2, 0.25) is 0 Å². The Morgan fingerprint density at radius 3 is 2.88 bits per heavy atom. The Bertz CT molecular complexity index is 923. The Balaban J connectivity index is 1.65. The van der Waals surface area contributed by atoms with Crippen LogP contribution in [0.2, 0.25) is 0 Å². The summed E-state index contributed by atoms with van der Waals surface area (Å²) in [6.07, 6.45) is 7.20. The first-order chi connectivity index (χ1) is 12.2. The number of carboxylic acids is 1. The summed E-state index contributed by atoms with van der Waals surface area (Å²) in [5.41, 5.74) is 3.05. The highest BCUT2D eigenvalue weighted by Gasteiger charge is 2.24. The number of hydrogen-bond donors (Lipinski definition) is 1. The molecule has 25 heavy (non-hydrogen) atoms. The fourth-order valence-electron chi connectivity index (χ4n) is 3.48. The van der Waals surface area contributed by atoms with Crippen LogP contribution in [0.15, 0.2) is 48.9 Å². The number of rotatable bonds is 3. The molecule has 126 valence electrons. The molecule has 1 aliphatic rings. The maximum absolute atomic E-state index is 11.2. The molecule has 3 heterocycles. The Hall–Kier alpha value is -3.02. The van der Waals surface area contributed by atoms with E-state index in [1.165, 1.54) is 0 Å². The molecule has 1 unspecified atom stereocenters. The summed E-state index contributed by atoms with van der Waals surface area (Å²) in [7, 11) is 0. The van der Waals surface area contributed by atoms with Gasteiger partial charge < -0.3 is 10.0 Å². The van der Waals surface area contributed by atoms with Crippen LogP contribution in [-0.2, 0) is 0 Å². The molecule has 6 heteroatoms. The van der Waals surface area contributed by atoms with Gasteiger partial charge in [-0.25, -0.2) is 14.8 Å². The summed E-state index contributed by atoms with van der Waals surface area (Å²) in [6.45, 7) is 1.71. The van der Waals surface area contributed by atoms with Crippen molar-refractivity contribution in [1.29, 1.82) is 0 Å². The minimum atomic E-state index is -0.888. The molecule has 0 amide bonds. The Morgan fingerprint density at radius 1 is 1.12 bits per heavy atom. The number of carbonyl (C=O) groups is 1. The summed E-state index contributed by atoms with van der Waals surface area (Å²) in [6, 6.07) is 9.11. The minimum Gasteiger partial charge on any atom is -0.478 e. The second-order valence-corrected chi connectivity index (χ2v) is 6.27. The normalized spacial score (nSPS) is 17.6. The van der Waals surface area contributed by atoms with Crippen molar-refractivity contribution in [1.82, 2.24) is 15.0 Å². The molecular weight excluding hydrogens is 316 g/mol. The predicted octanol–water partition coefficient (Wildman–Crippen LogP) is 3.11. The van der Waals surface area contributed by atoms with Crippen molar-refractivity contribution in [2.45, 2.75) is 18.8 Å². The third-order valence-electron chi connectivity index (χ3n) is 4.69. The lowest BCUT2D eigenvalue weighted by Gasteiger charge is -2.34. The van der Waals surface area contributed by atoms with Gasteiger partial charge in [0.25, 0.3) is 0 Å². The molecule has 6 nitrogen and oxygen atoms in total. The number of pyridine rings is 1. The van der Waals surface area contributed by atoms with Crippen molar-refractivity contribution in [3.8, 4) is 0 Å². The predicted molar refractivity (Wildman–Crippen MR) is 94.9 cm³/mol. The highest BCUT2D eigenvalue weighted by atomic mass is 16.4. The number of fused-ring (bicyclic) bond motifs is 1. The molecule has 1 fully saturated rings. The maximum Gasteiger partial charge on any atom is 0.335 e. The van der Waals surface area contributed by atoms with Crippen molar-refractivity contribution in [2.24, 2.45) is 0 Å². The van der Waals surface area contributed by atoms with Crippen LogP contribution in [0.4, 0.5) is 5.82 Å². The summed E-state index contributed by atoms with van der Waals surface area (Å²) in [5, 5.41) is 9.22. The van der Waals surface area contributed by atoms with Gasteiger partial charge in [0, 0.05) is 37.6 Å². The first-order valence-electron chi connectivity index (χ1n) is 8.36. The molecule has 1 N–H and O–H groups in total. The molecule has 2 aromatic heterocycles. The van der Waals surface area contributed by atoms with E-state index in [0.29, 0.717) is 5.56 Å². The fourth-order valence-corrected chi connectivity index (χ4v) is 3.48. The fraction of sp³-hybridized carbons (Fsp3) is 0.263. The zero-order valence-electron chi connectivity index (χ0n) is 13.7. The number of aromatic nitrogens is 3. The third kappa shape index (κ3) is 3.03. The van der Waals surface area contributed by atoms with Crippen molar-refractivity contribution in [2.75, 3.05) is 18.0 Å². The topological polar surface area (TPSA) is 79.2 Å². The molecule has 1 atom stereocenters. The lowest BCUT2D eigenvalue weighted by molar-refractivity contribution is 0.0696. The molecule has 0 bridgehead atoms. The number of carboxylic acid groups (broad SMARTS) is 1. The van der Waals surface area contributed by atoms with Crippen LogP contribution >= 0.6 is 0 Å². The maximum atomic E-state index is 11.2. The summed E-state index contributed by atoms with van der Waals surface area (Å²) < 4.78 is 0. The molecule has 1 aromatic carbocycles. The second kappa shape index (κ2) is 6.47. The van der Waals surface area contributed by atoms with Crippen LogP contribution in [0.25, 0.3) is 11.0 Å². The molecule has 0 radical (unpaired) electrons. The van der Waals surface area contributed by atoms with Gasteiger partial charge in [-0.2, -0.15) is 0 Å². The molecule has 0 saturated carbocycles. The van der Waals surface area contributed by atoms with Crippen molar-refractivity contribution >= 4 is 22.8 Å². The number of benzene rings is 1. The van der Waals surface area contributed by atoms with Gasteiger partial charge in [0.1, 0.15) is 5.52 Å². The number of piperidine rings is 1. The van der Waals surface area contributed by atoms with Gasteiger partial charge in [-0.05, 0) is 36.6 Å². The standard InChI is InChI=1S/C19H18N4O2/c24-19(25)14-4-1-3-13(11-14)15-5-2-10-23(12-15)18-17-16(6-7-22-18)20-8-9-21-17/h1,3-4,6-9,11,15H,2,5,10,12H2,(H,24,25). The van der Waals surface area contributed by atoms with Crippen molar-refractivity contribution in [3.05, 3.63) is 60.0 Å². The van der Waals surface area contributed by atoms with E-state index in [0.717, 1.165) is 48.3 Å². The van der Waals surface area contributed by atoms with Crippen LogP contribution < -0.4 is 4.90 Å². The first kappa shape index (κ1) is 15.5. The highest BCUT2D eigenvalue weighted by Crippen LogP contribution is 2.31. The number of hydrogen-bond acceptors (Lipinski definition) is 5. The quantitative estimate of drug-likeness (QED) is 0.793. The van der Waals surface area contributed by atoms with Gasteiger partial charge in [-0.1, -0.05) is 12.1 Å². The summed E-state index contributed by atoms with van der Waals surface area (Å²) >= 11 is 0. The zero-order chi connectivity index (χ0) is 17.2. The molecule has 1 aliphatic heterocycles. The van der Waals surface area contributed by atoms with Gasteiger partial charge >= 0.3 is 5.97 Å². The van der Waals surface area contributed by atoms with Gasteiger partial charge in [-0.15, -0.1) is 0 Å². The lowest BCUT2D eigenvalue weighted by Crippen LogP contribution is -2.35. The summed E-state index contributed by atoms with van der Waals surface area (Å²) in [5.74, 6) is 0.243. The van der Waals surface area contributed by atoms with E-state index in [2.05, 4.69) is 19.9 Å². The summed E-state index contributed by atoms with van der Waals surface area (Å²) in [4.78, 5) is 26.8. The third-order valence-corrected chi connectivity index (χ3v) is 4.69. The Labute approximate surface area is 145 Å². The van der Waals surface area contributed by atoms with Crippen molar-refractivity contribution in [3.63, 3.8) is 0 Å². The first-order valence-corrected chi connectivity index (χ1v) is 8.36. The van der Waals surface area contributed by atoms with Gasteiger partial charge in [0.15, 0.2) is 5.82 Å². The molecule has 0 aliphatic carbocycles. The van der Waals surface area contributed by atoms with Gasteiger partial charge in [0.05, 0.1) is 11.1 Å². The van der Waals surface area contributed by atoms with E-state index in [1.54, 1.807) is 30.7 Å². The van der Waals surface area contributed by atoms with Crippen LogP contribution in [0, 0.1) is 0 Å². The Kier molecular flexibility index (Phi) is 4.01. The van der Waals surface area contributed by atoms with E-state index >= 15 is 0 Å². The van der Waals surface area contributed by atoms with E-state index in [1.807, 2.05) is 18.2 Å². The minimum absolute atomic E-state index is 0.279. The van der Waals surface area contributed by atoms with Gasteiger partial charge in [-0.3, -0.25) is 4.98 Å². The molecule has 1 saturated heterocycles. The largest absolute Gasteiger partial charge is 0.478 e. The SMILES string of the molecule is O=C(O)c1cccc(C2CCCN(c3nccc4nccnc34)C2)c1. The number of anilines is 1. The van der Waals surface area contributed by atoms with Crippen molar-refractivity contribution < 1.29 is 9.90 Å². The number of aromatic carboxylic acids is 1. The van der Waals surface area contributed by atoms with Crippen LogP contribution in [0.1, 0.15) is 34.7 Å². The van der Waals surface area contributed by atoms with Crippen LogP contribution in [0.5, 0.6) is 0 Å². The average molecular weight is 334 g/mol. The monoisotopic (exact) mass is 334 g/mol. The van der Waals surface area contributed by atoms with E-state index in [4.69, 9.17) is 0 Å². The molecule has 4 rings (SSSR count). The molecular formula is C19H18N4O2. The van der Waals surface area contributed by atoms with E-state index in [9.17, 15) is 9.90 Å². The highest BCUT2D eigenvalue weighted by molar-refractivity contribution is 5.88. The second-order valence-electron chi connectivity index (χ2n) is 6.27.